The summed E-state index contributed by atoms with van der Waals surface area (Å²) in [6.07, 6.45) is 4.07. The molecule has 1 atom stereocenters. The summed E-state index contributed by atoms with van der Waals surface area (Å²) in [5.41, 5.74) is 0.845. The van der Waals surface area contributed by atoms with Crippen LogP contribution in [0.4, 0.5) is 15.1 Å². The van der Waals surface area contributed by atoms with Gasteiger partial charge in [0.2, 0.25) is 5.95 Å². The van der Waals surface area contributed by atoms with Crippen molar-refractivity contribution in [3.63, 3.8) is 0 Å². The highest BCUT2D eigenvalue weighted by Gasteiger charge is 2.22. The molecule has 0 saturated heterocycles. The summed E-state index contributed by atoms with van der Waals surface area (Å²) in [6, 6.07) is 6.03. The number of carbonyl (C=O) groups excluding carboxylic acids is 1. The highest BCUT2D eigenvalue weighted by Crippen LogP contribution is 2.36. The third-order valence-electron chi connectivity index (χ3n) is 3.58. The van der Waals surface area contributed by atoms with Gasteiger partial charge < -0.3 is 16.0 Å². The fourth-order valence-corrected chi connectivity index (χ4v) is 3.57. The van der Waals surface area contributed by atoms with Crippen LogP contribution in [0.1, 0.15) is 18.0 Å². The van der Waals surface area contributed by atoms with Gasteiger partial charge in [-0.3, -0.25) is 0 Å². The van der Waals surface area contributed by atoms with Gasteiger partial charge in [-0.15, -0.1) is 11.8 Å². The highest BCUT2D eigenvalue weighted by molar-refractivity contribution is 7.99. The second-order valence-corrected chi connectivity index (χ2v) is 6.41. The number of urea groups is 1. The van der Waals surface area contributed by atoms with Crippen LogP contribution < -0.4 is 16.0 Å². The fraction of sp³-hybridized carbons (Fsp3) is 0.312. The molecule has 1 unspecified atom stereocenters. The van der Waals surface area contributed by atoms with E-state index in [1.54, 1.807) is 36.3 Å². The lowest BCUT2D eigenvalue weighted by molar-refractivity contribution is 0.237. The molecule has 8 heteroatoms. The average molecular weight is 347 g/mol. The number of aromatic nitrogens is 2. The van der Waals surface area contributed by atoms with Gasteiger partial charge in [0.15, 0.2) is 0 Å². The first kappa shape index (κ1) is 16.5. The molecule has 6 nitrogen and oxygen atoms in total. The smallest absolute Gasteiger partial charge is 0.315 e. The summed E-state index contributed by atoms with van der Waals surface area (Å²) in [7, 11) is 0. The minimum absolute atomic E-state index is 0.164. The van der Waals surface area contributed by atoms with Crippen molar-refractivity contribution >= 4 is 23.7 Å². The number of amides is 2. The maximum atomic E-state index is 13.5. The van der Waals surface area contributed by atoms with E-state index in [2.05, 4.69) is 25.9 Å². The zero-order valence-corrected chi connectivity index (χ0v) is 13.8. The lowest BCUT2D eigenvalue weighted by Crippen LogP contribution is -2.40. The largest absolute Gasteiger partial charge is 0.352 e. The second kappa shape index (κ2) is 7.96. The first-order valence-corrected chi connectivity index (χ1v) is 8.68. The van der Waals surface area contributed by atoms with Crippen LogP contribution in [-0.2, 0) is 0 Å². The van der Waals surface area contributed by atoms with Gasteiger partial charge in [0.1, 0.15) is 5.82 Å². The molecule has 24 heavy (non-hydrogen) atoms. The van der Waals surface area contributed by atoms with E-state index in [-0.39, 0.29) is 17.9 Å². The normalized spacial score (nSPS) is 16.1. The Balaban J connectivity index is 1.47. The molecule has 0 bridgehead atoms. The Kier molecular flexibility index (Phi) is 5.47. The van der Waals surface area contributed by atoms with Crippen molar-refractivity contribution in [2.24, 2.45) is 0 Å². The van der Waals surface area contributed by atoms with Crippen LogP contribution in [0.25, 0.3) is 0 Å². The number of thioether (sulfide) groups is 1. The predicted molar refractivity (Wildman–Crippen MR) is 91.5 cm³/mol. The van der Waals surface area contributed by atoms with Gasteiger partial charge in [-0.05, 0) is 36.2 Å². The van der Waals surface area contributed by atoms with E-state index in [0.717, 1.165) is 22.6 Å². The summed E-state index contributed by atoms with van der Waals surface area (Å²) < 4.78 is 13.5. The number of fused-ring (bicyclic) bond motifs is 1. The van der Waals surface area contributed by atoms with Crippen LogP contribution in [0.5, 0.6) is 0 Å². The van der Waals surface area contributed by atoms with Crippen LogP contribution in [0.15, 0.2) is 41.6 Å². The maximum absolute atomic E-state index is 13.5. The second-order valence-electron chi connectivity index (χ2n) is 5.27. The van der Waals surface area contributed by atoms with E-state index >= 15 is 0 Å². The number of halogens is 1. The lowest BCUT2D eigenvalue weighted by Gasteiger charge is -2.26. The Labute approximate surface area is 143 Å². The van der Waals surface area contributed by atoms with Gasteiger partial charge in [0.25, 0.3) is 0 Å². The number of hydrogen-bond acceptors (Lipinski definition) is 5. The fourth-order valence-electron chi connectivity index (χ4n) is 2.47. The first-order valence-electron chi connectivity index (χ1n) is 7.70. The van der Waals surface area contributed by atoms with Gasteiger partial charge in [-0.2, -0.15) is 0 Å². The maximum Gasteiger partial charge on any atom is 0.315 e. The number of carbonyl (C=O) groups is 1. The number of anilines is 1. The molecular weight excluding hydrogens is 329 g/mol. The van der Waals surface area contributed by atoms with E-state index < -0.39 is 0 Å². The van der Waals surface area contributed by atoms with Crippen molar-refractivity contribution in [3.05, 3.63) is 48.0 Å². The molecule has 2 aromatic rings. The van der Waals surface area contributed by atoms with Crippen molar-refractivity contribution in [2.45, 2.75) is 17.4 Å². The Hall–Kier alpha value is -2.35. The van der Waals surface area contributed by atoms with Crippen molar-refractivity contribution in [2.75, 3.05) is 24.2 Å². The molecule has 1 aliphatic rings. The van der Waals surface area contributed by atoms with E-state index in [0.29, 0.717) is 19.0 Å². The molecule has 3 rings (SSSR count). The molecule has 126 valence electrons. The third-order valence-corrected chi connectivity index (χ3v) is 4.70. The molecule has 0 aliphatic carbocycles. The van der Waals surface area contributed by atoms with Crippen molar-refractivity contribution in [3.8, 4) is 0 Å². The molecule has 1 aromatic carbocycles. The molecule has 0 saturated carbocycles. The topological polar surface area (TPSA) is 78.9 Å². The van der Waals surface area contributed by atoms with Gasteiger partial charge >= 0.3 is 6.03 Å². The van der Waals surface area contributed by atoms with Gasteiger partial charge in [0.05, 0.1) is 6.04 Å². The Bertz CT molecular complexity index is 700. The summed E-state index contributed by atoms with van der Waals surface area (Å²) >= 11 is 1.69. The third kappa shape index (κ3) is 4.35. The molecule has 2 heterocycles. The quantitative estimate of drug-likeness (QED) is 0.725. The molecule has 2 amide bonds. The van der Waals surface area contributed by atoms with Gasteiger partial charge in [0, 0.05) is 36.1 Å². The molecule has 1 aliphatic heterocycles. The lowest BCUT2D eigenvalue weighted by atomic mass is 10.0. The standard InChI is InChI=1S/C16H18FN5OS/c17-11-2-3-14-12(10-11)13(4-9-24-14)22-16(23)21-8-7-20-15-18-5-1-6-19-15/h1-3,5-6,10,13H,4,7-9H2,(H,18,19,20)(H2,21,22,23). The van der Waals surface area contributed by atoms with Crippen LogP contribution in [0, 0.1) is 5.82 Å². The number of nitrogens with zero attached hydrogens (tertiary/aromatic N) is 2. The van der Waals surface area contributed by atoms with Gasteiger partial charge in [-0.1, -0.05) is 0 Å². The number of hydrogen-bond donors (Lipinski definition) is 3. The number of rotatable bonds is 5. The van der Waals surface area contributed by atoms with Crippen LogP contribution in [0.3, 0.4) is 0 Å². The Morgan fingerprint density at radius 2 is 2.12 bits per heavy atom. The van der Waals surface area contributed by atoms with Crippen molar-refractivity contribution in [1.29, 1.82) is 0 Å². The SMILES string of the molecule is O=C(NCCNc1ncccn1)NC1CCSc2ccc(F)cc21. The van der Waals surface area contributed by atoms with E-state index in [9.17, 15) is 9.18 Å². The van der Waals surface area contributed by atoms with Crippen LogP contribution >= 0.6 is 11.8 Å². The molecule has 0 radical (unpaired) electrons. The van der Waals surface area contributed by atoms with Crippen LogP contribution in [0.2, 0.25) is 0 Å². The molecular formula is C16H18FN5OS. The van der Waals surface area contributed by atoms with E-state index in [1.807, 2.05) is 0 Å². The van der Waals surface area contributed by atoms with Crippen molar-refractivity contribution < 1.29 is 9.18 Å². The minimum Gasteiger partial charge on any atom is -0.352 e. The average Bonchev–Trinajstić information content (AvgIpc) is 2.60. The Morgan fingerprint density at radius 1 is 1.29 bits per heavy atom. The zero-order valence-electron chi connectivity index (χ0n) is 13.0. The first-order chi connectivity index (χ1) is 11.7. The van der Waals surface area contributed by atoms with Crippen LogP contribution in [-0.4, -0.2) is 34.8 Å². The molecule has 0 spiro atoms. The summed E-state index contributed by atoms with van der Waals surface area (Å²) in [4.78, 5) is 21.1. The van der Waals surface area contributed by atoms with E-state index in [4.69, 9.17) is 0 Å². The van der Waals surface area contributed by atoms with Gasteiger partial charge in [-0.25, -0.2) is 19.2 Å². The van der Waals surface area contributed by atoms with Crippen molar-refractivity contribution in [1.82, 2.24) is 20.6 Å². The zero-order chi connectivity index (χ0) is 16.8. The highest BCUT2D eigenvalue weighted by atomic mass is 32.2. The molecule has 3 N–H and O–H groups in total. The van der Waals surface area contributed by atoms with E-state index in [1.165, 1.54) is 12.1 Å². The number of nitrogens with one attached hydrogen (secondary N) is 3. The summed E-state index contributed by atoms with van der Waals surface area (Å²) in [5.74, 6) is 1.14. The molecule has 0 fully saturated rings. The monoisotopic (exact) mass is 347 g/mol. The summed E-state index contributed by atoms with van der Waals surface area (Å²) in [6.45, 7) is 0.949. The summed E-state index contributed by atoms with van der Waals surface area (Å²) in [5, 5.41) is 8.70. The number of benzene rings is 1. The predicted octanol–water partition coefficient (Wildman–Crippen LogP) is 2.56. The molecule has 1 aromatic heterocycles. The Morgan fingerprint density at radius 3 is 2.96 bits per heavy atom. The minimum atomic E-state index is -0.282.